The molecule has 1 unspecified atom stereocenters. The first-order valence-corrected chi connectivity index (χ1v) is 11.7. The van der Waals surface area contributed by atoms with Crippen LogP contribution in [-0.2, 0) is 0 Å². The summed E-state index contributed by atoms with van der Waals surface area (Å²) in [5.74, 6) is 1.47. The maximum atomic E-state index is 5.69. The van der Waals surface area contributed by atoms with Gasteiger partial charge in [-0.15, -0.1) is 0 Å². The summed E-state index contributed by atoms with van der Waals surface area (Å²) < 4.78 is 5.69. The molecular weight excluding hydrogens is 370 g/mol. The highest BCUT2D eigenvalue weighted by molar-refractivity contribution is 6.00. The standard InChI is InChI=1S/C26H35N3O/c1-3-4-11-19-12-8-6-5-7-9-13-20-16-21(19)23(28-20)17-25-26(30-2)18-24(29-25)22-14-10-15-27-22/h10,14-19,27,29H,3-9,11-13H2,1-2H3. The molecule has 4 nitrogen and oxygen atoms in total. The van der Waals surface area contributed by atoms with E-state index in [0.29, 0.717) is 5.92 Å². The fourth-order valence-corrected chi connectivity index (χ4v) is 4.72. The number of aliphatic imine (C=N–C) groups is 1. The average Bonchev–Trinajstić information content (AvgIpc) is 3.48. The van der Waals surface area contributed by atoms with Crippen LogP contribution >= 0.6 is 0 Å². The van der Waals surface area contributed by atoms with Crippen LogP contribution in [0.3, 0.4) is 0 Å². The van der Waals surface area contributed by atoms with Crippen LogP contribution in [0.15, 0.2) is 46.7 Å². The lowest BCUT2D eigenvalue weighted by molar-refractivity contribution is 0.414. The van der Waals surface area contributed by atoms with Gasteiger partial charge in [0.1, 0.15) is 5.75 Å². The maximum Gasteiger partial charge on any atom is 0.144 e. The molecule has 2 aromatic rings. The van der Waals surface area contributed by atoms with E-state index in [-0.39, 0.29) is 0 Å². The van der Waals surface area contributed by atoms with Gasteiger partial charge in [-0.1, -0.05) is 45.4 Å². The Morgan fingerprint density at radius 3 is 2.83 bits per heavy atom. The Kier molecular flexibility index (Phi) is 6.93. The van der Waals surface area contributed by atoms with Crippen LogP contribution in [0.4, 0.5) is 0 Å². The summed E-state index contributed by atoms with van der Waals surface area (Å²) in [4.78, 5) is 11.9. The van der Waals surface area contributed by atoms with Crippen molar-refractivity contribution in [2.75, 3.05) is 7.11 Å². The summed E-state index contributed by atoms with van der Waals surface area (Å²) in [5, 5.41) is 0. The molecule has 0 amide bonds. The lowest BCUT2D eigenvalue weighted by atomic mass is 9.86. The highest BCUT2D eigenvalue weighted by Crippen LogP contribution is 2.37. The Labute approximate surface area is 180 Å². The highest BCUT2D eigenvalue weighted by Gasteiger charge is 2.24. The van der Waals surface area contributed by atoms with Gasteiger partial charge < -0.3 is 14.7 Å². The largest absolute Gasteiger partial charge is 0.494 e. The first-order chi connectivity index (χ1) is 14.8. The third-order valence-corrected chi connectivity index (χ3v) is 6.41. The van der Waals surface area contributed by atoms with E-state index in [2.05, 4.69) is 41.2 Å². The minimum atomic E-state index is 0.611. The molecule has 160 valence electrons. The van der Waals surface area contributed by atoms with Crippen LogP contribution in [-0.4, -0.2) is 22.8 Å². The number of aromatic amines is 2. The van der Waals surface area contributed by atoms with Crippen LogP contribution < -0.4 is 4.74 Å². The van der Waals surface area contributed by atoms with Gasteiger partial charge in [-0.25, -0.2) is 0 Å². The molecule has 0 aromatic carbocycles. The monoisotopic (exact) mass is 405 g/mol. The number of hydrogen-bond acceptors (Lipinski definition) is 2. The predicted octanol–water partition coefficient (Wildman–Crippen LogP) is 7.29. The van der Waals surface area contributed by atoms with E-state index in [1.165, 1.54) is 69.1 Å². The quantitative estimate of drug-likeness (QED) is 0.521. The number of H-pyrrole nitrogens is 2. The fourth-order valence-electron chi connectivity index (χ4n) is 4.72. The van der Waals surface area contributed by atoms with Crippen molar-refractivity contribution in [2.45, 2.75) is 71.1 Å². The summed E-state index contributed by atoms with van der Waals surface area (Å²) in [5.41, 5.74) is 6.92. The van der Waals surface area contributed by atoms with E-state index in [1.54, 1.807) is 7.11 Å². The molecule has 2 aliphatic rings. The molecule has 0 spiro atoms. The van der Waals surface area contributed by atoms with Gasteiger partial charge in [-0.2, -0.15) is 0 Å². The molecule has 1 aliphatic heterocycles. The van der Waals surface area contributed by atoms with Gasteiger partial charge in [-0.05, 0) is 61.5 Å². The second-order valence-electron chi connectivity index (χ2n) is 8.63. The van der Waals surface area contributed by atoms with Crippen molar-refractivity contribution in [3.05, 3.63) is 47.4 Å². The third-order valence-electron chi connectivity index (χ3n) is 6.41. The van der Waals surface area contributed by atoms with Crippen LogP contribution in [0.25, 0.3) is 17.5 Å². The molecular formula is C26H35N3O. The Balaban J connectivity index is 1.68. The molecule has 2 N–H and O–H groups in total. The zero-order valence-electron chi connectivity index (χ0n) is 18.5. The van der Waals surface area contributed by atoms with E-state index in [4.69, 9.17) is 9.73 Å². The normalized spacial score (nSPS) is 21.3. The number of methoxy groups -OCH3 is 1. The summed E-state index contributed by atoms with van der Waals surface area (Å²) in [6, 6.07) is 6.14. The second kappa shape index (κ2) is 10.0. The minimum absolute atomic E-state index is 0.611. The highest BCUT2D eigenvalue weighted by atomic mass is 16.5. The first-order valence-electron chi connectivity index (χ1n) is 11.7. The smallest absolute Gasteiger partial charge is 0.144 e. The lowest BCUT2D eigenvalue weighted by Gasteiger charge is -2.19. The molecule has 0 fully saturated rings. The van der Waals surface area contributed by atoms with Crippen molar-refractivity contribution < 1.29 is 4.74 Å². The van der Waals surface area contributed by atoms with Crippen molar-refractivity contribution in [3.63, 3.8) is 0 Å². The topological polar surface area (TPSA) is 53.2 Å². The van der Waals surface area contributed by atoms with Crippen LogP contribution in [0, 0.1) is 5.92 Å². The number of fused-ring (bicyclic) bond motifs is 1. The van der Waals surface area contributed by atoms with Gasteiger partial charge in [0.15, 0.2) is 0 Å². The summed E-state index contributed by atoms with van der Waals surface area (Å²) in [6.45, 7) is 2.29. The Morgan fingerprint density at radius 1 is 1.17 bits per heavy atom. The van der Waals surface area contributed by atoms with E-state index < -0.39 is 0 Å². The molecule has 4 heteroatoms. The lowest BCUT2D eigenvalue weighted by Crippen LogP contribution is -2.05. The van der Waals surface area contributed by atoms with Crippen molar-refractivity contribution >= 4 is 11.8 Å². The van der Waals surface area contributed by atoms with Crippen molar-refractivity contribution in [3.8, 4) is 17.1 Å². The summed E-state index contributed by atoms with van der Waals surface area (Å²) in [6.07, 6.45) is 19.4. The molecule has 0 radical (unpaired) electrons. The van der Waals surface area contributed by atoms with Crippen LogP contribution in [0.5, 0.6) is 5.75 Å². The number of ether oxygens (including phenoxy) is 1. The molecule has 0 saturated heterocycles. The molecule has 2 aromatic heterocycles. The minimum Gasteiger partial charge on any atom is -0.494 e. The van der Waals surface area contributed by atoms with Crippen LogP contribution in [0.1, 0.15) is 76.8 Å². The fraction of sp³-hybridized carbons (Fsp3) is 0.500. The number of nitrogens with zero attached hydrogens (tertiary/aromatic N) is 1. The second-order valence-corrected chi connectivity index (χ2v) is 8.63. The van der Waals surface area contributed by atoms with Gasteiger partial charge in [0, 0.05) is 18.0 Å². The van der Waals surface area contributed by atoms with Gasteiger partial charge in [0.25, 0.3) is 0 Å². The third kappa shape index (κ3) is 4.80. The first kappa shape index (κ1) is 20.8. The molecule has 1 atom stereocenters. The number of rotatable bonds is 6. The van der Waals surface area contributed by atoms with Gasteiger partial charge in [0.2, 0.25) is 0 Å². The van der Waals surface area contributed by atoms with Gasteiger partial charge in [0.05, 0.1) is 29.9 Å². The summed E-state index contributed by atoms with van der Waals surface area (Å²) >= 11 is 0. The van der Waals surface area contributed by atoms with Gasteiger partial charge >= 0.3 is 0 Å². The SMILES string of the molecule is CCCCC1CCCCCCCC2=NC(=Cc3[nH]c(-c4ccc[nH]4)cc3OC)C1=C2. The molecule has 1 aliphatic carbocycles. The van der Waals surface area contributed by atoms with E-state index in [0.717, 1.165) is 34.9 Å². The van der Waals surface area contributed by atoms with Crippen molar-refractivity contribution in [1.82, 2.24) is 9.97 Å². The van der Waals surface area contributed by atoms with Gasteiger partial charge in [-0.3, -0.25) is 4.99 Å². The Bertz CT molecular complexity index is 914. The summed E-state index contributed by atoms with van der Waals surface area (Å²) in [7, 11) is 1.74. The predicted molar refractivity (Wildman–Crippen MR) is 126 cm³/mol. The molecule has 0 saturated carbocycles. The number of unbranched alkanes of at least 4 members (excludes halogenated alkanes) is 1. The Hall–Kier alpha value is -2.49. The zero-order chi connectivity index (χ0) is 20.8. The number of hydrogen-bond donors (Lipinski definition) is 2. The van der Waals surface area contributed by atoms with E-state index >= 15 is 0 Å². The number of allylic oxidation sites excluding steroid dienone is 2. The molecule has 3 heterocycles. The molecule has 30 heavy (non-hydrogen) atoms. The average molecular weight is 406 g/mol. The van der Waals surface area contributed by atoms with E-state index in [9.17, 15) is 0 Å². The maximum absolute atomic E-state index is 5.69. The van der Waals surface area contributed by atoms with Crippen LogP contribution in [0.2, 0.25) is 0 Å². The molecule has 4 rings (SSSR count). The van der Waals surface area contributed by atoms with Crippen molar-refractivity contribution in [2.24, 2.45) is 10.9 Å². The zero-order valence-corrected chi connectivity index (χ0v) is 18.5. The van der Waals surface area contributed by atoms with E-state index in [1.807, 2.05) is 12.3 Å². The van der Waals surface area contributed by atoms with Crippen molar-refractivity contribution in [1.29, 1.82) is 0 Å². The number of nitrogens with one attached hydrogen (secondary N) is 2. The number of aromatic nitrogens is 2. The molecule has 2 bridgehead atoms. The Morgan fingerprint density at radius 2 is 2.03 bits per heavy atom.